The number of pyridine rings is 1. The maximum Gasteiger partial charge on any atom is 0.241 e. The number of amides is 1. The van der Waals surface area contributed by atoms with Gasteiger partial charge >= 0.3 is 0 Å². The average molecular weight is 270 g/mol. The Morgan fingerprint density at radius 2 is 2.28 bits per heavy atom. The van der Waals surface area contributed by atoms with Crippen molar-refractivity contribution < 1.29 is 9.53 Å². The molecule has 0 bridgehead atoms. The van der Waals surface area contributed by atoms with Crippen LogP contribution in [-0.2, 0) is 9.53 Å². The van der Waals surface area contributed by atoms with Crippen molar-refractivity contribution in [2.24, 2.45) is 0 Å². The molecule has 6 heteroatoms. The molecule has 1 aromatic rings. The molecule has 1 aliphatic heterocycles. The highest BCUT2D eigenvalue weighted by Gasteiger charge is 2.23. The van der Waals surface area contributed by atoms with E-state index in [4.69, 9.17) is 16.3 Å². The van der Waals surface area contributed by atoms with E-state index in [0.717, 1.165) is 13.1 Å². The van der Waals surface area contributed by atoms with Crippen LogP contribution in [0.1, 0.15) is 6.92 Å². The number of hydrogen-bond donors (Lipinski definition) is 1. The molecule has 1 aliphatic rings. The number of hydrogen-bond acceptors (Lipinski definition) is 4. The number of nitrogens with zero attached hydrogens (tertiary/aromatic N) is 2. The second kappa shape index (κ2) is 6.13. The first kappa shape index (κ1) is 13.3. The molecule has 5 nitrogen and oxygen atoms in total. The second-order valence-corrected chi connectivity index (χ2v) is 4.51. The summed E-state index contributed by atoms with van der Waals surface area (Å²) in [5, 5.41) is 3.10. The molecule has 98 valence electrons. The zero-order chi connectivity index (χ0) is 13.0. The molecule has 0 aliphatic carbocycles. The largest absolute Gasteiger partial charge is 0.379 e. The van der Waals surface area contributed by atoms with Gasteiger partial charge in [0, 0.05) is 19.3 Å². The van der Waals surface area contributed by atoms with Gasteiger partial charge in [-0.05, 0) is 19.1 Å². The summed E-state index contributed by atoms with van der Waals surface area (Å²) < 4.78 is 5.26. The van der Waals surface area contributed by atoms with E-state index in [2.05, 4.69) is 15.2 Å². The highest BCUT2D eigenvalue weighted by atomic mass is 35.5. The van der Waals surface area contributed by atoms with Crippen LogP contribution in [0.5, 0.6) is 0 Å². The molecule has 1 atom stereocenters. The fourth-order valence-corrected chi connectivity index (χ4v) is 2.01. The van der Waals surface area contributed by atoms with Crippen LogP contribution in [0.15, 0.2) is 18.3 Å². The molecule has 1 unspecified atom stereocenters. The number of carbonyl (C=O) groups is 1. The van der Waals surface area contributed by atoms with Crippen LogP contribution in [0, 0.1) is 0 Å². The number of nitrogens with one attached hydrogen (secondary N) is 1. The Morgan fingerprint density at radius 3 is 2.94 bits per heavy atom. The lowest BCUT2D eigenvalue weighted by molar-refractivity contribution is -0.122. The maximum atomic E-state index is 12.1. The molecule has 0 aromatic carbocycles. The highest BCUT2D eigenvalue weighted by molar-refractivity contribution is 6.32. The number of carbonyl (C=O) groups excluding carboxylic acids is 1. The summed E-state index contributed by atoms with van der Waals surface area (Å²) >= 11 is 5.90. The van der Waals surface area contributed by atoms with E-state index in [1.807, 2.05) is 6.92 Å². The molecule has 1 N–H and O–H groups in total. The van der Waals surface area contributed by atoms with E-state index in [1.165, 1.54) is 0 Å². The van der Waals surface area contributed by atoms with Crippen LogP contribution < -0.4 is 5.32 Å². The fourth-order valence-electron chi connectivity index (χ4n) is 1.85. The van der Waals surface area contributed by atoms with Crippen LogP contribution in [0.25, 0.3) is 0 Å². The van der Waals surface area contributed by atoms with Crippen LogP contribution in [0.4, 0.5) is 5.69 Å². The number of rotatable bonds is 3. The standard InChI is InChI=1S/C12H16ClN3O2/c1-9(16-5-7-18-8-6-16)12(17)15-10-3-2-4-14-11(10)13/h2-4,9H,5-8H2,1H3,(H,15,17). The Labute approximate surface area is 111 Å². The van der Waals surface area contributed by atoms with E-state index < -0.39 is 0 Å². The first-order valence-electron chi connectivity index (χ1n) is 5.91. The maximum absolute atomic E-state index is 12.1. The van der Waals surface area contributed by atoms with Crippen molar-refractivity contribution in [3.63, 3.8) is 0 Å². The van der Waals surface area contributed by atoms with Gasteiger partial charge in [0.1, 0.15) is 0 Å². The number of morpholine rings is 1. The van der Waals surface area contributed by atoms with Gasteiger partial charge < -0.3 is 10.1 Å². The first-order chi connectivity index (χ1) is 8.68. The predicted molar refractivity (Wildman–Crippen MR) is 69.7 cm³/mol. The lowest BCUT2D eigenvalue weighted by atomic mass is 10.2. The topological polar surface area (TPSA) is 54.5 Å². The van der Waals surface area contributed by atoms with E-state index in [0.29, 0.717) is 24.1 Å². The Bertz CT molecular complexity index is 422. The first-order valence-corrected chi connectivity index (χ1v) is 6.29. The van der Waals surface area contributed by atoms with Crippen molar-refractivity contribution in [1.29, 1.82) is 0 Å². The van der Waals surface area contributed by atoms with Gasteiger partial charge in [0.2, 0.25) is 5.91 Å². The van der Waals surface area contributed by atoms with Crippen LogP contribution in [0.3, 0.4) is 0 Å². The molecule has 0 radical (unpaired) electrons. The summed E-state index contributed by atoms with van der Waals surface area (Å²) in [5.41, 5.74) is 0.546. The SMILES string of the molecule is CC(C(=O)Nc1cccnc1Cl)N1CCOCC1. The number of anilines is 1. The summed E-state index contributed by atoms with van der Waals surface area (Å²) in [6.45, 7) is 4.77. The van der Waals surface area contributed by atoms with Gasteiger partial charge in [-0.3, -0.25) is 9.69 Å². The number of ether oxygens (including phenoxy) is 1. The second-order valence-electron chi connectivity index (χ2n) is 4.16. The normalized spacial score (nSPS) is 18.3. The molecule has 2 rings (SSSR count). The van der Waals surface area contributed by atoms with E-state index in [-0.39, 0.29) is 11.9 Å². The molecule has 0 spiro atoms. The van der Waals surface area contributed by atoms with Gasteiger partial charge in [0.15, 0.2) is 5.15 Å². The van der Waals surface area contributed by atoms with E-state index in [1.54, 1.807) is 18.3 Å². The van der Waals surface area contributed by atoms with Crippen LogP contribution in [-0.4, -0.2) is 48.1 Å². The van der Waals surface area contributed by atoms with E-state index >= 15 is 0 Å². The van der Waals surface area contributed by atoms with Crippen LogP contribution in [0.2, 0.25) is 5.15 Å². The molecular formula is C12H16ClN3O2. The van der Waals surface area contributed by atoms with Crippen molar-refractivity contribution >= 4 is 23.2 Å². The fraction of sp³-hybridized carbons (Fsp3) is 0.500. The molecular weight excluding hydrogens is 254 g/mol. The smallest absolute Gasteiger partial charge is 0.241 e. The number of halogens is 1. The Kier molecular flexibility index (Phi) is 4.52. The third-order valence-corrected chi connectivity index (χ3v) is 3.29. The third-order valence-electron chi connectivity index (χ3n) is 2.99. The zero-order valence-electron chi connectivity index (χ0n) is 10.2. The molecule has 2 heterocycles. The Morgan fingerprint density at radius 1 is 1.56 bits per heavy atom. The van der Waals surface area contributed by atoms with Crippen LogP contribution >= 0.6 is 11.6 Å². The van der Waals surface area contributed by atoms with Crippen molar-refractivity contribution in [1.82, 2.24) is 9.88 Å². The minimum absolute atomic E-state index is 0.0770. The lowest BCUT2D eigenvalue weighted by Gasteiger charge is -2.31. The summed E-state index contributed by atoms with van der Waals surface area (Å²) in [6.07, 6.45) is 1.59. The monoisotopic (exact) mass is 269 g/mol. The molecule has 1 saturated heterocycles. The zero-order valence-corrected chi connectivity index (χ0v) is 11.0. The molecule has 0 saturated carbocycles. The summed E-state index contributed by atoms with van der Waals surface area (Å²) in [4.78, 5) is 18.1. The van der Waals surface area contributed by atoms with Gasteiger partial charge in [-0.2, -0.15) is 0 Å². The molecule has 1 amide bonds. The summed E-state index contributed by atoms with van der Waals surface area (Å²) in [5.74, 6) is -0.0770. The summed E-state index contributed by atoms with van der Waals surface area (Å²) in [6, 6.07) is 3.27. The number of aromatic nitrogens is 1. The van der Waals surface area contributed by atoms with E-state index in [9.17, 15) is 4.79 Å². The Balaban J connectivity index is 1.97. The third kappa shape index (κ3) is 3.19. The highest BCUT2D eigenvalue weighted by Crippen LogP contribution is 2.18. The van der Waals surface area contributed by atoms with Gasteiger partial charge in [0.25, 0.3) is 0 Å². The van der Waals surface area contributed by atoms with Gasteiger partial charge in [0.05, 0.1) is 24.9 Å². The van der Waals surface area contributed by atoms with Gasteiger partial charge in [-0.15, -0.1) is 0 Å². The van der Waals surface area contributed by atoms with Crippen molar-refractivity contribution in [2.45, 2.75) is 13.0 Å². The van der Waals surface area contributed by atoms with Crippen molar-refractivity contribution in [3.8, 4) is 0 Å². The summed E-state index contributed by atoms with van der Waals surface area (Å²) in [7, 11) is 0. The van der Waals surface area contributed by atoms with Gasteiger partial charge in [-0.1, -0.05) is 11.6 Å². The average Bonchev–Trinajstić information content (AvgIpc) is 2.41. The van der Waals surface area contributed by atoms with Gasteiger partial charge in [-0.25, -0.2) is 4.98 Å². The lowest BCUT2D eigenvalue weighted by Crippen LogP contribution is -2.47. The molecule has 18 heavy (non-hydrogen) atoms. The van der Waals surface area contributed by atoms with Crippen molar-refractivity contribution in [3.05, 3.63) is 23.5 Å². The minimum Gasteiger partial charge on any atom is -0.379 e. The predicted octanol–water partition coefficient (Wildman–Crippen LogP) is 1.39. The molecule has 1 fully saturated rings. The minimum atomic E-state index is -0.204. The quantitative estimate of drug-likeness (QED) is 0.843. The Hall–Kier alpha value is -1.17. The molecule has 1 aromatic heterocycles. The van der Waals surface area contributed by atoms with Crippen molar-refractivity contribution in [2.75, 3.05) is 31.6 Å².